The largest absolute Gasteiger partial charge is 0.446 e. The molecule has 28 heavy (non-hydrogen) atoms. The van der Waals surface area contributed by atoms with E-state index in [1.807, 2.05) is 0 Å². The first kappa shape index (κ1) is 18.3. The number of hydrogen-bond acceptors (Lipinski definition) is 8. The van der Waals surface area contributed by atoms with Crippen molar-refractivity contribution in [2.75, 3.05) is 0 Å². The van der Waals surface area contributed by atoms with E-state index in [1.54, 1.807) is 36.4 Å². The van der Waals surface area contributed by atoms with Crippen molar-refractivity contribution in [3.8, 4) is 0 Å². The van der Waals surface area contributed by atoms with Crippen LogP contribution in [-0.2, 0) is 29.2 Å². The summed E-state index contributed by atoms with van der Waals surface area (Å²) in [7, 11) is -9.85. The SMILES string of the molecule is O=S(=O)(O)OC1=c2ccccc2=NC1=C1N=c2ccccc2=C1OS(=O)(=O)O. The van der Waals surface area contributed by atoms with E-state index in [4.69, 9.17) is 9.11 Å². The van der Waals surface area contributed by atoms with Gasteiger partial charge in [-0.2, -0.15) is 16.8 Å². The zero-order valence-corrected chi connectivity index (χ0v) is 15.3. The van der Waals surface area contributed by atoms with Crippen molar-refractivity contribution in [3.05, 3.63) is 81.1 Å². The molecule has 0 unspecified atom stereocenters. The zero-order chi connectivity index (χ0) is 20.1. The van der Waals surface area contributed by atoms with Crippen LogP contribution in [0.3, 0.4) is 0 Å². The molecule has 2 heterocycles. The molecule has 0 saturated heterocycles. The lowest BCUT2D eigenvalue weighted by Crippen LogP contribution is -2.23. The second kappa shape index (κ2) is 6.24. The van der Waals surface area contributed by atoms with Crippen LogP contribution < -0.4 is 21.2 Å². The number of para-hydroxylation sites is 2. The quantitative estimate of drug-likeness (QED) is 0.578. The minimum Gasteiger partial charge on any atom is -0.359 e. The second-order valence-electron chi connectivity index (χ2n) is 5.64. The monoisotopic (exact) mass is 422 g/mol. The average Bonchev–Trinajstić information content (AvgIpc) is 3.11. The summed E-state index contributed by atoms with van der Waals surface area (Å²) in [6, 6.07) is 12.6. The highest BCUT2D eigenvalue weighted by atomic mass is 32.3. The lowest BCUT2D eigenvalue weighted by molar-refractivity contribution is 0.363. The molecule has 0 aliphatic carbocycles. The minimum absolute atomic E-state index is 0.186. The van der Waals surface area contributed by atoms with E-state index in [9.17, 15) is 16.8 Å². The summed E-state index contributed by atoms with van der Waals surface area (Å²) < 4.78 is 73.0. The molecular weight excluding hydrogens is 412 g/mol. The maximum atomic E-state index is 11.3. The summed E-state index contributed by atoms with van der Waals surface area (Å²) in [5, 5.41) is 1.09. The van der Waals surface area contributed by atoms with Crippen LogP contribution in [0, 0.1) is 0 Å². The molecule has 2 aromatic carbocycles. The number of nitrogens with zero attached hydrogens (tertiary/aromatic N) is 2. The van der Waals surface area contributed by atoms with Crippen LogP contribution in [0.15, 0.2) is 69.9 Å². The van der Waals surface area contributed by atoms with Crippen LogP contribution in [0.2, 0.25) is 0 Å². The van der Waals surface area contributed by atoms with Crippen LogP contribution in [-0.4, -0.2) is 25.9 Å². The molecule has 0 fully saturated rings. The summed E-state index contributed by atoms with van der Waals surface area (Å²) in [4.78, 5) is 8.47. The molecule has 2 aliphatic heterocycles. The predicted molar refractivity (Wildman–Crippen MR) is 93.6 cm³/mol. The molecule has 0 aromatic heterocycles. The van der Waals surface area contributed by atoms with E-state index in [-0.39, 0.29) is 33.3 Å². The van der Waals surface area contributed by atoms with Gasteiger partial charge in [0.2, 0.25) is 0 Å². The van der Waals surface area contributed by atoms with Gasteiger partial charge >= 0.3 is 20.8 Å². The van der Waals surface area contributed by atoms with Crippen molar-refractivity contribution in [1.82, 2.24) is 0 Å². The number of fused-ring (bicyclic) bond motifs is 2. The van der Waals surface area contributed by atoms with Crippen LogP contribution in [0.4, 0.5) is 0 Å². The van der Waals surface area contributed by atoms with Crippen molar-refractivity contribution in [3.63, 3.8) is 0 Å². The number of rotatable bonds is 4. The molecule has 0 radical (unpaired) electrons. The van der Waals surface area contributed by atoms with Gasteiger partial charge in [-0.25, -0.2) is 9.98 Å². The van der Waals surface area contributed by atoms with Crippen molar-refractivity contribution in [1.29, 1.82) is 0 Å². The zero-order valence-electron chi connectivity index (χ0n) is 13.7. The molecule has 0 bridgehead atoms. The first-order valence-electron chi connectivity index (χ1n) is 7.57. The van der Waals surface area contributed by atoms with Gasteiger partial charge in [0.1, 0.15) is 11.4 Å². The molecule has 0 amide bonds. The van der Waals surface area contributed by atoms with E-state index in [2.05, 4.69) is 18.4 Å². The Balaban J connectivity index is 2.08. The van der Waals surface area contributed by atoms with Gasteiger partial charge in [-0.1, -0.05) is 24.3 Å². The highest BCUT2D eigenvalue weighted by molar-refractivity contribution is 7.81. The lowest BCUT2D eigenvalue weighted by atomic mass is 10.2. The minimum atomic E-state index is -4.92. The van der Waals surface area contributed by atoms with Gasteiger partial charge in [0.05, 0.1) is 10.7 Å². The fraction of sp³-hybridized carbons (Fsp3) is 0. The highest BCUT2D eigenvalue weighted by Crippen LogP contribution is 2.29. The Bertz CT molecular complexity index is 1390. The predicted octanol–water partition coefficient (Wildman–Crippen LogP) is -1.28. The normalized spacial score (nSPS) is 18.2. The van der Waals surface area contributed by atoms with Gasteiger partial charge in [-0.15, -0.1) is 0 Å². The molecule has 2 aromatic rings. The third-order valence-corrected chi connectivity index (χ3v) is 4.55. The van der Waals surface area contributed by atoms with E-state index in [0.29, 0.717) is 10.7 Å². The molecule has 12 heteroatoms. The summed E-state index contributed by atoms with van der Waals surface area (Å²) in [6.45, 7) is 0. The molecule has 0 atom stereocenters. The molecule has 4 rings (SSSR count). The summed E-state index contributed by atoms with van der Waals surface area (Å²) in [5.41, 5.74) is -0.373. The smallest absolute Gasteiger partial charge is 0.359 e. The fourth-order valence-electron chi connectivity index (χ4n) is 2.82. The molecule has 144 valence electrons. The van der Waals surface area contributed by atoms with Crippen LogP contribution in [0.5, 0.6) is 0 Å². The second-order valence-corrected chi connectivity index (χ2v) is 7.68. The number of benzene rings is 2. The first-order valence-corrected chi connectivity index (χ1v) is 10.3. The van der Waals surface area contributed by atoms with Gasteiger partial charge in [0.15, 0.2) is 11.5 Å². The van der Waals surface area contributed by atoms with Crippen molar-refractivity contribution < 1.29 is 34.3 Å². The fourth-order valence-corrected chi connectivity index (χ4v) is 3.58. The maximum Gasteiger partial charge on any atom is 0.446 e. The van der Waals surface area contributed by atoms with Gasteiger partial charge in [0.25, 0.3) is 0 Å². The van der Waals surface area contributed by atoms with Gasteiger partial charge < -0.3 is 8.37 Å². The molecule has 0 spiro atoms. The highest BCUT2D eigenvalue weighted by Gasteiger charge is 2.30. The summed E-state index contributed by atoms with van der Waals surface area (Å²) in [5.74, 6) is -0.720. The molecular formula is C16H10N2O8S2. The van der Waals surface area contributed by atoms with Crippen molar-refractivity contribution >= 4 is 32.3 Å². The third-order valence-electron chi connectivity index (χ3n) is 3.79. The van der Waals surface area contributed by atoms with Crippen LogP contribution >= 0.6 is 0 Å². The first-order chi connectivity index (χ1) is 13.1. The van der Waals surface area contributed by atoms with E-state index in [1.165, 1.54) is 12.1 Å². The Morgan fingerprint density at radius 3 is 1.36 bits per heavy atom. The topological polar surface area (TPSA) is 152 Å². The lowest BCUT2D eigenvalue weighted by Gasteiger charge is -2.09. The average molecular weight is 422 g/mol. The van der Waals surface area contributed by atoms with Gasteiger partial charge in [-0.05, 0) is 24.3 Å². The van der Waals surface area contributed by atoms with Gasteiger partial charge in [-0.3, -0.25) is 9.11 Å². The van der Waals surface area contributed by atoms with E-state index >= 15 is 0 Å². The number of hydrogen-bond donors (Lipinski definition) is 2. The van der Waals surface area contributed by atoms with Gasteiger partial charge in [0, 0.05) is 10.4 Å². The standard InChI is InChI=1S/C16H10N2O8S2/c19-27(20,21)25-15-9-5-1-3-7-11(9)17-13(15)14-16(26-28(22,23)24)10-6-2-4-8-12(10)18-14/h1-8H,(H,19,20,21)(H,22,23,24). The molecule has 10 nitrogen and oxygen atoms in total. The Hall–Kier alpha value is -3.06. The Labute approximate surface area is 158 Å². The Morgan fingerprint density at radius 1 is 0.643 bits per heavy atom. The van der Waals surface area contributed by atoms with Crippen molar-refractivity contribution in [2.24, 2.45) is 9.98 Å². The molecule has 2 aliphatic rings. The van der Waals surface area contributed by atoms with Crippen molar-refractivity contribution in [2.45, 2.75) is 0 Å². The Morgan fingerprint density at radius 2 is 1.00 bits per heavy atom. The molecule has 0 saturated carbocycles. The van der Waals surface area contributed by atoms with Crippen LogP contribution in [0.1, 0.15) is 0 Å². The summed E-state index contributed by atoms with van der Waals surface area (Å²) in [6.07, 6.45) is 0. The Kier molecular flexibility index (Phi) is 4.08. The van der Waals surface area contributed by atoms with E-state index in [0.717, 1.165) is 0 Å². The molecule has 2 N–H and O–H groups in total. The van der Waals surface area contributed by atoms with E-state index < -0.39 is 20.8 Å². The third kappa shape index (κ3) is 3.41. The maximum absolute atomic E-state index is 11.3. The van der Waals surface area contributed by atoms with Crippen LogP contribution in [0.25, 0.3) is 11.5 Å². The summed E-state index contributed by atoms with van der Waals surface area (Å²) >= 11 is 0.